The van der Waals surface area contributed by atoms with Crippen LogP contribution in [0.3, 0.4) is 0 Å². The van der Waals surface area contributed by atoms with E-state index in [4.69, 9.17) is 32.7 Å². The van der Waals surface area contributed by atoms with Gasteiger partial charge in [0.25, 0.3) is 5.91 Å². The molecule has 1 amide bonds. The SMILES string of the molecule is COc1cc(-c2nnc3n2CC2COC[C@H]3N2C(=O)c2ccc(F)c(Cl)c2Cl)ncc1F. The monoisotopic (exact) mass is 481 g/mol. The minimum atomic E-state index is -0.706. The van der Waals surface area contributed by atoms with Gasteiger partial charge in [-0.1, -0.05) is 23.2 Å². The van der Waals surface area contributed by atoms with Gasteiger partial charge in [-0.25, -0.2) is 13.8 Å². The number of hydrogen-bond donors (Lipinski definition) is 0. The quantitative estimate of drug-likeness (QED) is 0.532. The molecule has 12 heteroatoms. The summed E-state index contributed by atoms with van der Waals surface area (Å²) in [4.78, 5) is 19.1. The Morgan fingerprint density at radius 2 is 2.00 bits per heavy atom. The molecule has 0 spiro atoms. The topological polar surface area (TPSA) is 82.4 Å². The molecule has 0 saturated carbocycles. The van der Waals surface area contributed by atoms with Crippen molar-refractivity contribution in [3.05, 3.63) is 57.5 Å². The Hall–Kier alpha value is -2.82. The highest BCUT2D eigenvalue weighted by molar-refractivity contribution is 6.44. The van der Waals surface area contributed by atoms with Gasteiger partial charge in [0, 0.05) is 12.6 Å². The van der Waals surface area contributed by atoms with Crippen molar-refractivity contribution in [1.29, 1.82) is 0 Å². The van der Waals surface area contributed by atoms with E-state index < -0.39 is 23.6 Å². The van der Waals surface area contributed by atoms with E-state index in [1.54, 1.807) is 4.90 Å². The molecule has 1 aromatic carbocycles. The van der Waals surface area contributed by atoms with Gasteiger partial charge in [0.1, 0.15) is 17.6 Å². The molecule has 2 aromatic heterocycles. The average Bonchev–Trinajstić information content (AvgIpc) is 3.20. The normalized spacial score (nSPS) is 19.6. The van der Waals surface area contributed by atoms with E-state index in [2.05, 4.69) is 15.2 Å². The van der Waals surface area contributed by atoms with Crippen molar-refractivity contribution < 1.29 is 23.0 Å². The zero-order valence-corrected chi connectivity index (χ0v) is 18.1. The summed E-state index contributed by atoms with van der Waals surface area (Å²) in [7, 11) is 1.36. The lowest BCUT2D eigenvalue weighted by Crippen LogP contribution is -2.56. The number of pyridine rings is 1. The fourth-order valence-corrected chi connectivity index (χ4v) is 4.45. The summed E-state index contributed by atoms with van der Waals surface area (Å²) in [6.07, 6.45) is 1.05. The van der Waals surface area contributed by atoms with Crippen molar-refractivity contribution >= 4 is 29.1 Å². The van der Waals surface area contributed by atoms with Crippen LogP contribution in [0.5, 0.6) is 5.75 Å². The van der Waals surface area contributed by atoms with E-state index in [0.29, 0.717) is 23.9 Å². The fourth-order valence-electron chi connectivity index (χ4n) is 4.05. The third-order valence-corrected chi connectivity index (χ3v) is 6.41. The molecule has 0 aliphatic carbocycles. The molecule has 1 unspecified atom stereocenters. The summed E-state index contributed by atoms with van der Waals surface area (Å²) in [6, 6.07) is 2.93. The first kappa shape index (κ1) is 21.0. The number of fused-ring (bicyclic) bond motifs is 4. The smallest absolute Gasteiger partial charge is 0.256 e. The van der Waals surface area contributed by atoms with E-state index in [0.717, 1.165) is 12.3 Å². The maximum atomic E-state index is 13.8. The van der Waals surface area contributed by atoms with Gasteiger partial charge in [-0.2, -0.15) is 0 Å². The predicted molar refractivity (Wildman–Crippen MR) is 110 cm³/mol. The Bertz CT molecular complexity index is 1240. The van der Waals surface area contributed by atoms with Crippen LogP contribution in [0, 0.1) is 11.6 Å². The number of aromatic nitrogens is 4. The molecule has 8 nitrogen and oxygen atoms in total. The number of morpholine rings is 1. The maximum Gasteiger partial charge on any atom is 0.256 e. The molecule has 0 radical (unpaired) electrons. The number of amides is 1. The van der Waals surface area contributed by atoms with E-state index in [-0.39, 0.29) is 40.6 Å². The highest BCUT2D eigenvalue weighted by atomic mass is 35.5. The molecular formula is C20H15Cl2F2N5O3. The van der Waals surface area contributed by atoms with Crippen LogP contribution in [0.1, 0.15) is 22.2 Å². The van der Waals surface area contributed by atoms with Crippen LogP contribution in [0.25, 0.3) is 11.5 Å². The third-order valence-electron chi connectivity index (χ3n) is 5.56. The van der Waals surface area contributed by atoms with Crippen molar-refractivity contribution in [2.24, 2.45) is 0 Å². The fraction of sp³-hybridized carbons (Fsp3) is 0.300. The van der Waals surface area contributed by atoms with Gasteiger partial charge in [-0.3, -0.25) is 4.79 Å². The van der Waals surface area contributed by atoms with E-state index >= 15 is 0 Å². The van der Waals surface area contributed by atoms with E-state index in [1.165, 1.54) is 19.2 Å². The van der Waals surface area contributed by atoms with Crippen molar-refractivity contribution in [3.63, 3.8) is 0 Å². The summed E-state index contributed by atoms with van der Waals surface area (Å²) in [6.45, 7) is 0.771. The van der Waals surface area contributed by atoms with Gasteiger partial charge in [0.05, 0.1) is 48.2 Å². The molecule has 1 saturated heterocycles. The summed E-state index contributed by atoms with van der Waals surface area (Å²) in [5.41, 5.74) is 0.474. The number of ether oxygens (including phenoxy) is 2. The largest absolute Gasteiger partial charge is 0.494 e. The summed E-state index contributed by atoms with van der Waals surface area (Å²) in [5.74, 6) is -0.767. The van der Waals surface area contributed by atoms with Crippen LogP contribution in [-0.4, -0.2) is 56.9 Å². The Morgan fingerprint density at radius 3 is 2.78 bits per heavy atom. The zero-order chi connectivity index (χ0) is 22.6. The number of halogens is 4. The summed E-state index contributed by atoms with van der Waals surface area (Å²) >= 11 is 12.1. The van der Waals surface area contributed by atoms with Crippen molar-refractivity contribution in [3.8, 4) is 17.3 Å². The lowest BCUT2D eigenvalue weighted by atomic mass is 10.0. The van der Waals surface area contributed by atoms with Crippen LogP contribution in [0.15, 0.2) is 24.4 Å². The molecule has 5 rings (SSSR count). The lowest BCUT2D eigenvalue weighted by molar-refractivity contribution is -0.0569. The van der Waals surface area contributed by atoms with Crippen LogP contribution >= 0.6 is 23.2 Å². The number of carbonyl (C=O) groups is 1. The molecule has 1 fully saturated rings. The highest BCUT2D eigenvalue weighted by Gasteiger charge is 2.44. The second kappa shape index (κ2) is 7.95. The van der Waals surface area contributed by atoms with E-state index in [1.807, 2.05) is 4.57 Å². The Labute approximate surface area is 190 Å². The van der Waals surface area contributed by atoms with Crippen molar-refractivity contribution in [1.82, 2.24) is 24.6 Å². The standard InChI is InChI=1S/C20H15Cl2F2N5O3/c1-31-15-4-13(25-5-12(15)24)18-26-27-19-14-8-32-7-9(6-28(18)19)29(14)20(30)10-2-3-11(23)17(22)16(10)21/h2-5,9,14H,6-8H2,1H3/t9?,14-/m1/s1. The number of carbonyl (C=O) groups excluding carboxylic acids is 1. The molecule has 0 N–H and O–H groups in total. The predicted octanol–water partition coefficient (Wildman–Crippen LogP) is 3.53. The molecule has 2 aliphatic heterocycles. The molecule has 4 heterocycles. The van der Waals surface area contributed by atoms with Crippen molar-refractivity contribution in [2.75, 3.05) is 20.3 Å². The average molecular weight is 482 g/mol. The maximum absolute atomic E-state index is 13.8. The van der Waals surface area contributed by atoms with Gasteiger partial charge in [0.15, 0.2) is 23.2 Å². The van der Waals surface area contributed by atoms with Gasteiger partial charge >= 0.3 is 0 Å². The zero-order valence-electron chi connectivity index (χ0n) is 16.6. The second-order valence-electron chi connectivity index (χ2n) is 7.34. The Kier molecular flexibility index (Phi) is 5.23. The minimum Gasteiger partial charge on any atom is -0.494 e. The first-order valence-corrected chi connectivity index (χ1v) is 10.3. The summed E-state index contributed by atoms with van der Waals surface area (Å²) < 4.78 is 40.0. The molecule has 2 bridgehead atoms. The van der Waals surface area contributed by atoms with Gasteiger partial charge in [-0.15, -0.1) is 10.2 Å². The van der Waals surface area contributed by atoms with Crippen LogP contribution in [0.4, 0.5) is 8.78 Å². The number of rotatable bonds is 3. The lowest BCUT2D eigenvalue weighted by Gasteiger charge is -2.45. The molecule has 166 valence electrons. The third kappa shape index (κ3) is 3.21. The number of benzene rings is 1. The summed E-state index contributed by atoms with van der Waals surface area (Å²) in [5, 5.41) is 8.03. The van der Waals surface area contributed by atoms with Crippen LogP contribution < -0.4 is 4.74 Å². The number of methoxy groups -OCH3 is 1. The first-order valence-electron chi connectivity index (χ1n) is 9.57. The van der Waals surface area contributed by atoms with Crippen LogP contribution in [-0.2, 0) is 11.3 Å². The van der Waals surface area contributed by atoms with E-state index in [9.17, 15) is 13.6 Å². The molecule has 2 aliphatic rings. The first-order chi connectivity index (χ1) is 15.4. The van der Waals surface area contributed by atoms with Gasteiger partial charge < -0.3 is 18.9 Å². The highest BCUT2D eigenvalue weighted by Crippen LogP contribution is 2.38. The second-order valence-corrected chi connectivity index (χ2v) is 8.09. The van der Waals surface area contributed by atoms with Crippen LogP contribution in [0.2, 0.25) is 10.0 Å². The minimum absolute atomic E-state index is 0.0336. The Balaban J connectivity index is 1.55. The van der Waals surface area contributed by atoms with Crippen molar-refractivity contribution in [2.45, 2.75) is 18.6 Å². The molecule has 3 aromatic rings. The number of hydrogen-bond acceptors (Lipinski definition) is 6. The Morgan fingerprint density at radius 1 is 1.19 bits per heavy atom. The number of nitrogens with zero attached hydrogens (tertiary/aromatic N) is 5. The molecule has 32 heavy (non-hydrogen) atoms. The van der Waals surface area contributed by atoms with Gasteiger partial charge in [0.2, 0.25) is 0 Å². The molecule has 2 atom stereocenters. The van der Waals surface area contributed by atoms with Gasteiger partial charge in [-0.05, 0) is 12.1 Å². The molecular weight excluding hydrogens is 467 g/mol.